The van der Waals surface area contributed by atoms with Gasteiger partial charge in [0.2, 0.25) is 5.70 Å². The average molecular weight is 524 g/mol. The largest absolute Gasteiger partial charge is 0.469 e. The lowest BCUT2D eigenvalue weighted by Gasteiger charge is -2.70. The molecule has 0 aliphatic heterocycles. The zero-order valence-electron chi connectivity index (χ0n) is 24.2. The normalized spacial score (nSPS) is 46.7. The molecule has 5 aliphatic carbocycles. The number of nitrogens with zero attached hydrogens (tertiary/aromatic N) is 1. The molecule has 38 heavy (non-hydrogen) atoms. The Morgan fingerprint density at radius 2 is 1.63 bits per heavy atom. The first-order valence-corrected chi connectivity index (χ1v) is 14.1. The lowest BCUT2D eigenvalue weighted by Crippen LogP contribution is -2.73. The number of methoxy groups -OCH3 is 1. The molecule has 7 atom stereocenters. The van der Waals surface area contributed by atoms with E-state index in [0.29, 0.717) is 38.5 Å². The van der Waals surface area contributed by atoms with E-state index in [1.165, 1.54) is 13.2 Å². The highest BCUT2D eigenvalue weighted by Gasteiger charge is 2.78. The summed E-state index contributed by atoms with van der Waals surface area (Å²) >= 11 is 0. The maximum Gasteiger partial charge on any atom is 0.312 e. The van der Waals surface area contributed by atoms with Crippen LogP contribution in [0.15, 0.2) is 23.4 Å². The molecular formula is C32H42FNO4. The smallest absolute Gasteiger partial charge is 0.312 e. The molecule has 0 unspecified atom stereocenters. The van der Waals surface area contributed by atoms with Crippen molar-refractivity contribution >= 4 is 17.5 Å². The van der Waals surface area contributed by atoms with Crippen LogP contribution in [-0.4, -0.2) is 30.3 Å². The fourth-order valence-corrected chi connectivity index (χ4v) is 10.1. The van der Waals surface area contributed by atoms with Crippen LogP contribution in [0.1, 0.15) is 93.4 Å². The van der Waals surface area contributed by atoms with Crippen molar-refractivity contribution in [2.24, 2.45) is 44.3 Å². The van der Waals surface area contributed by atoms with Gasteiger partial charge in [0.25, 0.3) is 0 Å². The molecular weight excluding hydrogens is 481 g/mol. The van der Waals surface area contributed by atoms with Gasteiger partial charge in [0.05, 0.1) is 19.1 Å². The summed E-state index contributed by atoms with van der Waals surface area (Å²) < 4.78 is 23.5. The van der Waals surface area contributed by atoms with Crippen molar-refractivity contribution in [3.8, 4) is 0 Å². The summed E-state index contributed by atoms with van der Waals surface area (Å²) in [6.07, 6.45) is 7.29. The topological polar surface area (TPSA) is 64.8 Å². The second-order valence-electron chi connectivity index (χ2n) is 14.9. The van der Waals surface area contributed by atoms with Gasteiger partial charge in [-0.2, -0.15) is 0 Å². The first kappa shape index (κ1) is 27.3. The van der Waals surface area contributed by atoms with Crippen molar-refractivity contribution in [1.29, 1.82) is 0 Å². The highest BCUT2D eigenvalue weighted by Crippen LogP contribution is 2.76. The summed E-state index contributed by atoms with van der Waals surface area (Å²) in [6.45, 7) is 21.8. The molecule has 0 N–H and O–H groups in total. The molecule has 0 amide bonds. The number of alkyl halides is 1. The molecule has 0 saturated heterocycles. The van der Waals surface area contributed by atoms with Crippen LogP contribution in [0.5, 0.6) is 0 Å². The first-order valence-electron chi connectivity index (χ1n) is 14.1. The van der Waals surface area contributed by atoms with Crippen LogP contribution >= 0.6 is 0 Å². The number of rotatable bonds is 1. The van der Waals surface area contributed by atoms with E-state index in [4.69, 9.17) is 11.3 Å². The molecule has 206 valence electrons. The van der Waals surface area contributed by atoms with E-state index in [1.807, 2.05) is 27.7 Å². The van der Waals surface area contributed by atoms with Gasteiger partial charge in [-0.1, -0.05) is 60.1 Å². The van der Waals surface area contributed by atoms with E-state index in [9.17, 15) is 14.4 Å². The summed E-state index contributed by atoms with van der Waals surface area (Å²) in [7, 11) is 1.37. The number of carbonyl (C=O) groups excluding carboxylic acids is 3. The minimum absolute atomic E-state index is 0.0952. The quantitative estimate of drug-likeness (QED) is 0.279. The van der Waals surface area contributed by atoms with Crippen LogP contribution in [0.4, 0.5) is 4.39 Å². The van der Waals surface area contributed by atoms with E-state index in [-0.39, 0.29) is 22.8 Å². The van der Waals surface area contributed by atoms with E-state index >= 15 is 4.39 Å². The molecule has 0 spiro atoms. The molecule has 0 aromatic carbocycles. The Hall–Kier alpha value is -2.29. The number of ketones is 2. The van der Waals surface area contributed by atoms with Crippen molar-refractivity contribution in [1.82, 2.24) is 0 Å². The van der Waals surface area contributed by atoms with Crippen molar-refractivity contribution in [3.63, 3.8) is 0 Å². The van der Waals surface area contributed by atoms with E-state index in [1.54, 1.807) is 6.08 Å². The third-order valence-electron chi connectivity index (χ3n) is 12.5. The molecule has 6 heteroatoms. The summed E-state index contributed by atoms with van der Waals surface area (Å²) in [5.74, 6) is -1.97. The van der Waals surface area contributed by atoms with E-state index in [2.05, 4.69) is 25.6 Å². The van der Waals surface area contributed by atoms with Crippen molar-refractivity contribution < 1.29 is 23.5 Å². The predicted molar refractivity (Wildman–Crippen MR) is 142 cm³/mol. The fourth-order valence-electron chi connectivity index (χ4n) is 10.1. The maximum absolute atomic E-state index is 18.2. The Bertz CT molecular complexity index is 1250. The van der Waals surface area contributed by atoms with Crippen LogP contribution in [0.2, 0.25) is 0 Å². The minimum atomic E-state index is -2.22. The second kappa shape index (κ2) is 7.67. The zero-order chi connectivity index (χ0) is 28.3. The highest BCUT2D eigenvalue weighted by molar-refractivity contribution is 6.04. The van der Waals surface area contributed by atoms with E-state index in [0.717, 1.165) is 12.0 Å². The third-order valence-corrected chi connectivity index (χ3v) is 12.5. The van der Waals surface area contributed by atoms with Gasteiger partial charge < -0.3 is 9.53 Å². The van der Waals surface area contributed by atoms with Gasteiger partial charge in [-0.25, -0.2) is 9.24 Å². The molecule has 0 radical (unpaired) electrons. The fraction of sp³-hybridized carbons (Fsp3) is 0.750. The summed E-state index contributed by atoms with van der Waals surface area (Å²) in [4.78, 5) is 44.4. The van der Waals surface area contributed by atoms with Gasteiger partial charge in [-0.3, -0.25) is 9.59 Å². The molecule has 5 aliphatic rings. The minimum Gasteiger partial charge on any atom is -0.469 e. The number of ether oxygens (including phenoxy) is 1. The van der Waals surface area contributed by atoms with Gasteiger partial charge in [0.1, 0.15) is 0 Å². The number of esters is 1. The second-order valence-corrected chi connectivity index (χ2v) is 14.9. The number of allylic oxidation sites excluding steroid dienone is 4. The molecule has 0 bridgehead atoms. The lowest BCUT2D eigenvalue weighted by atomic mass is 9.33. The number of halogens is 1. The summed E-state index contributed by atoms with van der Waals surface area (Å²) in [5, 5.41) is 0. The number of carbonyl (C=O) groups is 3. The number of hydrogen-bond donors (Lipinski definition) is 0. The van der Waals surface area contributed by atoms with Crippen LogP contribution in [0.25, 0.3) is 4.85 Å². The summed E-state index contributed by atoms with van der Waals surface area (Å²) in [6, 6.07) is 0. The van der Waals surface area contributed by atoms with Crippen molar-refractivity contribution in [2.75, 3.05) is 7.11 Å². The van der Waals surface area contributed by atoms with Gasteiger partial charge in [-0.05, 0) is 67.8 Å². The Morgan fingerprint density at radius 1 is 1.00 bits per heavy atom. The van der Waals surface area contributed by atoms with Crippen LogP contribution in [-0.2, 0) is 19.1 Å². The molecule has 3 fully saturated rings. The third kappa shape index (κ3) is 2.89. The van der Waals surface area contributed by atoms with Crippen LogP contribution < -0.4 is 0 Å². The molecule has 5 rings (SSSR count). The first-order chi connectivity index (χ1) is 17.4. The van der Waals surface area contributed by atoms with Crippen molar-refractivity contribution in [2.45, 2.75) is 99.1 Å². The predicted octanol–water partition coefficient (Wildman–Crippen LogP) is 6.82. The average Bonchev–Trinajstić information content (AvgIpc) is 2.85. The number of hydrogen-bond acceptors (Lipinski definition) is 4. The summed E-state index contributed by atoms with van der Waals surface area (Å²) in [5.41, 5.74) is -5.66. The number of Topliss-reactive ketones (excluding diaryl/α,β-unsaturated/α-hetero) is 1. The Labute approximate surface area is 226 Å². The number of fused-ring (bicyclic) bond motifs is 7. The molecule has 5 nitrogen and oxygen atoms in total. The van der Waals surface area contributed by atoms with E-state index < -0.39 is 50.4 Å². The Morgan fingerprint density at radius 3 is 2.24 bits per heavy atom. The monoisotopic (exact) mass is 523 g/mol. The molecule has 0 aromatic rings. The Kier molecular flexibility index (Phi) is 5.51. The lowest BCUT2D eigenvalue weighted by molar-refractivity contribution is -0.224. The van der Waals surface area contributed by atoms with Crippen molar-refractivity contribution in [3.05, 3.63) is 34.8 Å². The van der Waals surface area contributed by atoms with Crippen LogP contribution in [0, 0.1) is 50.9 Å². The zero-order valence-corrected chi connectivity index (χ0v) is 24.2. The molecule has 0 heterocycles. The van der Waals surface area contributed by atoms with Gasteiger partial charge >= 0.3 is 5.97 Å². The SMILES string of the molecule is [C-]#[N+]C1=C[C@]2(C)C3=CC(=O)[C@]4(F)[C@@H]5CC(C)(C)CC[C@]5(C(=O)OC)CC[C@@]4(C)[C@]3(C)CC[C@H]2C(C)(C)C1=O. The standard InChI is InChI=1S/C32H42FNO4/c1-26(2)12-14-31(25(37)38-9)15-13-30(7)29(6)11-10-20-27(3,4)24(36)19(34-8)17-28(20,5)21(29)16-23(35)32(30,33)22(31)18-26/h16-17,20,22H,10-15,18H2,1-7,9H3/t20-,22+,28-,29+,30-,31-,32+/m0/s1. The van der Waals surface area contributed by atoms with Crippen LogP contribution in [0.3, 0.4) is 0 Å². The molecule has 3 saturated carbocycles. The van der Waals surface area contributed by atoms with Gasteiger partial charge in [0, 0.05) is 22.2 Å². The molecule has 0 aromatic heterocycles. The Balaban J connectivity index is 1.75. The van der Waals surface area contributed by atoms with Gasteiger partial charge in [0.15, 0.2) is 17.2 Å². The maximum atomic E-state index is 18.2. The highest BCUT2D eigenvalue weighted by atomic mass is 19.1. The van der Waals surface area contributed by atoms with Gasteiger partial charge in [-0.15, -0.1) is 0 Å².